The third-order valence-corrected chi connectivity index (χ3v) is 7.55. The number of nitrogens with zero attached hydrogens (tertiary/aromatic N) is 5. The lowest BCUT2D eigenvalue weighted by molar-refractivity contribution is -0.689. The van der Waals surface area contributed by atoms with E-state index in [0.717, 1.165) is 11.3 Å². The van der Waals surface area contributed by atoms with E-state index in [2.05, 4.69) is 25.8 Å². The predicted octanol–water partition coefficient (Wildman–Crippen LogP) is -1.12. The van der Waals surface area contributed by atoms with Crippen molar-refractivity contribution in [2.75, 3.05) is 11.1 Å². The average molecular weight is 550 g/mol. The lowest BCUT2D eigenvalue weighted by Crippen LogP contribution is -2.71. The SMILES string of the molecule is O=CNc1ccnc(C(=NOC2C=CCC2)C(=O)NC2C(=O)N3C(C(=O)[O-])=C(C[n+]4ccccc4)CS[C@@H]23)n1. The van der Waals surface area contributed by atoms with Gasteiger partial charge in [-0.2, -0.15) is 0 Å². The quantitative estimate of drug-likeness (QED) is 0.0930. The molecule has 39 heavy (non-hydrogen) atoms. The van der Waals surface area contributed by atoms with Crippen molar-refractivity contribution in [2.45, 2.75) is 36.9 Å². The Morgan fingerprint density at radius 1 is 1.31 bits per heavy atom. The maximum atomic E-state index is 13.3. The number of hydrogen-bond acceptors (Lipinski definition) is 10. The number of thioether (sulfide) groups is 1. The van der Waals surface area contributed by atoms with E-state index in [1.165, 1.54) is 24.0 Å². The summed E-state index contributed by atoms with van der Waals surface area (Å²) in [5.74, 6) is -2.50. The zero-order valence-electron chi connectivity index (χ0n) is 20.4. The normalized spacial score (nSPS) is 22.2. The molecule has 3 amide bonds. The standard InChI is InChI=1S/C25H23N7O6S/c33-14-27-17-8-9-26-21(28-17)18(30-38-16-6-2-3-7-16)22(34)29-19-23(35)32-20(25(36)37)15(13-39-24(19)32)12-31-10-4-1-5-11-31/h1-2,4-6,8-11,14,16,19,24H,3,7,12-13H2,(H2-,26,27,28,29,33,34,36,37)/t16?,19?,24-/m0/s1. The Balaban J connectivity index is 1.36. The highest BCUT2D eigenvalue weighted by molar-refractivity contribution is 8.00. The van der Waals surface area contributed by atoms with Crippen LogP contribution in [0.3, 0.4) is 0 Å². The van der Waals surface area contributed by atoms with E-state index in [-0.39, 0.29) is 35.7 Å². The average Bonchev–Trinajstić information content (AvgIpc) is 3.46. The van der Waals surface area contributed by atoms with Gasteiger partial charge in [-0.25, -0.2) is 14.5 Å². The Hall–Kier alpha value is -4.59. The molecule has 0 bridgehead atoms. The highest BCUT2D eigenvalue weighted by Gasteiger charge is 2.53. The highest BCUT2D eigenvalue weighted by Crippen LogP contribution is 2.40. The van der Waals surface area contributed by atoms with Gasteiger partial charge in [0.2, 0.25) is 12.1 Å². The fourth-order valence-electron chi connectivity index (χ4n) is 4.37. The van der Waals surface area contributed by atoms with Gasteiger partial charge in [-0.3, -0.25) is 19.3 Å². The summed E-state index contributed by atoms with van der Waals surface area (Å²) in [6.07, 6.45) is 10.3. The summed E-state index contributed by atoms with van der Waals surface area (Å²) in [6.45, 7) is 0.275. The first-order valence-corrected chi connectivity index (χ1v) is 13.1. The fraction of sp³-hybridized carbons (Fsp3) is 0.280. The number of carboxylic acid groups (broad SMARTS) is 1. The van der Waals surface area contributed by atoms with Crippen LogP contribution >= 0.6 is 11.8 Å². The van der Waals surface area contributed by atoms with E-state index in [4.69, 9.17) is 4.84 Å². The Morgan fingerprint density at radius 2 is 2.13 bits per heavy atom. The van der Waals surface area contributed by atoms with Gasteiger partial charge in [0, 0.05) is 29.7 Å². The van der Waals surface area contributed by atoms with E-state index in [9.17, 15) is 24.3 Å². The van der Waals surface area contributed by atoms with Crippen molar-refractivity contribution in [3.63, 3.8) is 0 Å². The number of allylic oxidation sites excluding steroid dienone is 1. The molecule has 2 aromatic rings. The van der Waals surface area contributed by atoms with Crippen LogP contribution in [0.4, 0.5) is 5.82 Å². The third kappa shape index (κ3) is 5.50. The molecular weight excluding hydrogens is 526 g/mol. The topological polar surface area (TPSA) is 170 Å². The molecule has 0 spiro atoms. The molecule has 0 saturated carbocycles. The Bertz CT molecular complexity index is 1400. The number of aromatic nitrogens is 3. The van der Waals surface area contributed by atoms with Crippen molar-refractivity contribution in [3.05, 3.63) is 72.1 Å². The molecule has 3 aliphatic rings. The number of pyridine rings is 1. The second-order valence-corrected chi connectivity index (χ2v) is 9.87. The molecule has 1 aliphatic carbocycles. The van der Waals surface area contributed by atoms with E-state index in [1.807, 2.05) is 30.4 Å². The number of carbonyl (C=O) groups is 4. The van der Waals surface area contributed by atoms with Gasteiger partial charge in [0.1, 0.15) is 23.3 Å². The van der Waals surface area contributed by atoms with Gasteiger partial charge in [-0.05, 0) is 25.0 Å². The molecule has 14 heteroatoms. The first-order valence-electron chi connectivity index (χ1n) is 12.0. The molecule has 4 heterocycles. The molecule has 2 N–H and O–H groups in total. The Morgan fingerprint density at radius 3 is 2.85 bits per heavy atom. The monoisotopic (exact) mass is 549 g/mol. The number of oxime groups is 1. The number of β-lactam (4-membered cyclic amide) rings is 1. The molecule has 2 aliphatic heterocycles. The van der Waals surface area contributed by atoms with Crippen molar-refractivity contribution in [3.8, 4) is 0 Å². The number of amides is 3. The molecule has 2 unspecified atom stereocenters. The van der Waals surface area contributed by atoms with Crippen molar-refractivity contribution >= 4 is 47.5 Å². The van der Waals surface area contributed by atoms with Gasteiger partial charge in [-0.1, -0.05) is 17.3 Å². The molecule has 13 nitrogen and oxygen atoms in total. The first-order chi connectivity index (χ1) is 19.0. The van der Waals surface area contributed by atoms with Gasteiger partial charge in [0.05, 0.1) is 11.7 Å². The van der Waals surface area contributed by atoms with Gasteiger partial charge < -0.3 is 25.4 Å². The summed E-state index contributed by atoms with van der Waals surface area (Å²) in [5, 5.41) is 20.4. The van der Waals surface area contributed by atoms with E-state index in [0.29, 0.717) is 24.2 Å². The maximum absolute atomic E-state index is 13.3. The predicted molar refractivity (Wildman–Crippen MR) is 135 cm³/mol. The maximum Gasteiger partial charge on any atom is 0.278 e. The highest BCUT2D eigenvalue weighted by atomic mass is 32.2. The number of anilines is 1. The smallest absolute Gasteiger partial charge is 0.278 e. The van der Waals surface area contributed by atoms with Crippen molar-refractivity contribution in [1.82, 2.24) is 20.2 Å². The van der Waals surface area contributed by atoms with Crippen LogP contribution in [0, 0.1) is 0 Å². The largest absolute Gasteiger partial charge is 0.543 e. The second kappa shape index (κ2) is 11.4. The van der Waals surface area contributed by atoms with Crippen molar-refractivity contribution in [1.29, 1.82) is 0 Å². The minimum Gasteiger partial charge on any atom is -0.543 e. The van der Waals surface area contributed by atoms with E-state index >= 15 is 0 Å². The van der Waals surface area contributed by atoms with Gasteiger partial charge in [0.25, 0.3) is 11.8 Å². The summed E-state index contributed by atoms with van der Waals surface area (Å²) >= 11 is 1.33. The lowest BCUT2D eigenvalue weighted by Gasteiger charge is -2.50. The number of rotatable bonds is 10. The summed E-state index contributed by atoms with van der Waals surface area (Å²) in [5.41, 5.74) is 0.0410. The molecule has 5 rings (SSSR count). The minimum atomic E-state index is -1.46. The number of nitrogens with one attached hydrogen (secondary N) is 2. The number of aliphatic carboxylic acids is 1. The molecular formula is C25H23N7O6S. The second-order valence-electron chi connectivity index (χ2n) is 8.77. The zero-order valence-corrected chi connectivity index (χ0v) is 21.2. The molecule has 0 radical (unpaired) electrons. The van der Waals surface area contributed by atoms with Crippen LogP contribution < -0.4 is 20.3 Å². The lowest BCUT2D eigenvalue weighted by atomic mass is 10.0. The number of fused-ring (bicyclic) bond motifs is 1. The summed E-state index contributed by atoms with van der Waals surface area (Å²) in [4.78, 5) is 64.2. The zero-order chi connectivity index (χ0) is 27.4. The van der Waals surface area contributed by atoms with Crippen LogP contribution in [0.1, 0.15) is 18.7 Å². The van der Waals surface area contributed by atoms with Gasteiger partial charge in [0.15, 0.2) is 24.8 Å². The molecule has 0 aromatic carbocycles. The number of hydrogen-bond donors (Lipinski definition) is 2. The summed E-state index contributed by atoms with van der Waals surface area (Å²) < 4.78 is 1.80. The number of carbonyl (C=O) groups excluding carboxylic acids is 4. The van der Waals surface area contributed by atoms with E-state index in [1.54, 1.807) is 17.0 Å². The molecule has 1 fully saturated rings. The van der Waals surface area contributed by atoms with Gasteiger partial charge >= 0.3 is 0 Å². The summed E-state index contributed by atoms with van der Waals surface area (Å²) in [6, 6.07) is 5.89. The van der Waals surface area contributed by atoms with Crippen LogP contribution in [0.2, 0.25) is 0 Å². The van der Waals surface area contributed by atoms with Crippen LogP contribution in [-0.4, -0.2) is 68.0 Å². The van der Waals surface area contributed by atoms with Crippen LogP contribution in [0.5, 0.6) is 0 Å². The fourth-order valence-corrected chi connectivity index (χ4v) is 5.71. The van der Waals surface area contributed by atoms with Crippen molar-refractivity contribution in [2.24, 2.45) is 5.16 Å². The first kappa shape index (κ1) is 26.0. The third-order valence-electron chi connectivity index (χ3n) is 6.22. The Kier molecular flexibility index (Phi) is 7.63. The summed E-state index contributed by atoms with van der Waals surface area (Å²) in [7, 11) is 0. The molecule has 1 saturated heterocycles. The van der Waals surface area contributed by atoms with Crippen molar-refractivity contribution < 1.29 is 33.7 Å². The van der Waals surface area contributed by atoms with E-state index < -0.39 is 29.2 Å². The molecule has 200 valence electrons. The van der Waals surface area contributed by atoms with Crippen LogP contribution in [-0.2, 0) is 30.6 Å². The van der Waals surface area contributed by atoms with Gasteiger partial charge in [-0.15, -0.1) is 11.8 Å². The Labute approximate surface area is 226 Å². The van der Waals surface area contributed by atoms with Crippen LogP contribution in [0.15, 0.2) is 71.4 Å². The number of carboxylic acids is 1. The van der Waals surface area contributed by atoms with Crippen LogP contribution in [0.25, 0.3) is 0 Å². The molecule has 3 atom stereocenters. The minimum absolute atomic E-state index is 0.126. The molecule has 2 aromatic heterocycles.